The fourth-order valence-corrected chi connectivity index (χ4v) is 2.76. The number of rotatable bonds is 7. The van der Waals surface area contributed by atoms with Crippen LogP contribution in [0.5, 0.6) is 0 Å². The molecule has 6 nitrogen and oxygen atoms in total. The van der Waals surface area contributed by atoms with Crippen molar-refractivity contribution in [2.75, 3.05) is 13.6 Å². The average molecular weight is 446 g/mol. The van der Waals surface area contributed by atoms with Crippen molar-refractivity contribution in [2.45, 2.75) is 26.4 Å². The monoisotopic (exact) mass is 445 g/mol. The highest BCUT2D eigenvalue weighted by molar-refractivity contribution is 9.10. The van der Waals surface area contributed by atoms with Crippen molar-refractivity contribution in [2.24, 2.45) is 0 Å². The zero-order valence-corrected chi connectivity index (χ0v) is 17.7. The molecule has 0 saturated heterocycles. The predicted molar refractivity (Wildman–Crippen MR) is 112 cm³/mol. The molecule has 0 heterocycles. The molecular formula is C21H24BrN3O3. The number of nitrogens with one attached hydrogen (secondary N) is 2. The molecule has 148 valence electrons. The fraction of sp³-hybridized carbons (Fsp3) is 0.286. The number of hydrogen-bond acceptors (Lipinski definition) is 3. The van der Waals surface area contributed by atoms with Gasteiger partial charge in [0.15, 0.2) is 0 Å². The first-order valence-corrected chi connectivity index (χ1v) is 9.74. The second kappa shape index (κ2) is 10.0. The third kappa shape index (κ3) is 6.20. The highest BCUT2D eigenvalue weighted by atomic mass is 79.9. The Kier molecular flexibility index (Phi) is 7.75. The molecule has 28 heavy (non-hydrogen) atoms. The summed E-state index contributed by atoms with van der Waals surface area (Å²) in [6.07, 6.45) is 0. The number of benzene rings is 2. The normalized spacial score (nSPS) is 10.5. The molecule has 0 aromatic heterocycles. The van der Waals surface area contributed by atoms with Gasteiger partial charge < -0.3 is 15.5 Å². The minimum Gasteiger partial charge on any atom is -0.350 e. The van der Waals surface area contributed by atoms with Gasteiger partial charge in [0.25, 0.3) is 11.8 Å². The number of nitrogens with zero attached hydrogens (tertiary/aromatic N) is 1. The Balaban J connectivity index is 1.81. The Labute approximate surface area is 173 Å². The molecule has 2 aromatic carbocycles. The third-order valence-corrected chi connectivity index (χ3v) is 4.78. The molecule has 0 fully saturated rings. The first-order valence-electron chi connectivity index (χ1n) is 8.94. The second-order valence-corrected chi connectivity index (χ2v) is 7.59. The van der Waals surface area contributed by atoms with Gasteiger partial charge in [-0.15, -0.1) is 0 Å². The topological polar surface area (TPSA) is 78.5 Å². The van der Waals surface area contributed by atoms with Gasteiger partial charge >= 0.3 is 0 Å². The summed E-state index contributed by atoms with van der Waals surface area (Å²) in [6, 6.07) is 14.2. The van der Waals surface area contributed by atoms with Crippen molar-refractivity contribution in [3.05, 3.63) is 69.7 Å². The van der Waals surface area contributed by atoms with Crippen LogP contribution in [0.25, 0.3) is 0 Å². The molecule has 0 aliphatic carbocycles. The van der Waals surface area contributed by atoms with E-state index in [1.54, 1.807) is 42.3 Å². The maximum absolute atomic E-state index is 12.3. The van der Waals surface area contributed by atoms with Gasteiger partial charge in [0.05, 0.1) is 6.54 Å². The summed E-state index contributed by atoms with van der Waals surface area (Å²) < 4.78 is 0.797. The van der Waals surface area contributed by atoms with E-state index in [-0.39, 0.29) is 30.3 Å². The van der Waals surface area contributed by atoms with E-state index in [4.69, 9.17) is 0 Å². The molecule has 2 N–H and O–H groups in total. The van der Waals surface area contributed by atoms with E-state index < -0.39 is 0 Å². The zero-order valence-electron chi connectivity index (χ0n) is 16.2. The number of hydrogen-bond donors (Lipinski definition) is 2. The molecule has 2 rings (SSSR count). The minimum absolute atomic E-state index is 0.0409. The van der Waals surface area contributed by atoms with Gasteiger partial charge in [0.1, 0.15) is 0 Å². The molecule has 0 aliphatic heterocycles. The van der Waals surface area contributed by atoms with Gasteiger partial charge in [-0.3, -0.25) is 14.4 Å². The quantitative estimate of drug-likeness (QED) is 0.687. The van der Waals surface area contributed by atoms with Crippen LogP contribution in [0.3, 0.4) is 0 Å². The second-order valence-electron chi connectivity index (χ2n) is 6.68. The van der Waals surface area contributed by atoms with Gasteiger partial charge in [-0.05, 0) is 49.7 Å². The summed E-state index contributed by atoms with van der Waals surface area (Å²) in [4.78, 5) is 37.9. The van der Waals surface area contributed by atoms with Crippen molar-refractivity contribution in [1.82, 2.24) is 15.5 Å². The summed E-state index contributed by atoms with van der Waals surface area (Å²) in [6.45, 7) is 4.12. The van der Waals surface area contributed by atoms with Crippen LogP contribution in [0.4, 0.5) is 0 Å². The summed E-state index contributed by atoms with van der Waals surface area (Å²) in [5.41, 5.74) is 1.96. The summed E-state index contributed by atoms with van der Waals surface area (Å²) in [5, 5.41) is 5.34. The van der Waals surface area contributed by atoms with E-state index in [1.807, 2.05) is 32.0 Å². The van der Waals surface area contributed by atoms with E-state index in [1.165, 1.54) is 0 Å². The van der Waals surface area contributed by atoms with Gasteiger partial charge in [-0.25, -0.2) is 0 Å². The molecule has 0 unspecified atom stereocenters. The maximum atomic E-state index is 12.3. The Morgan fingerprint density at radius 3 is 2.29 bits per heavy atom. The molecule has 0 bridgehead atoms. The van der Waals surface area contributed by atoms with E-state index in [0.717, 1.165) is 10.0 Å². The van der Waals surface area contributed by atoms with Crippen molar-refractivity contribution >= 4 is 33.7 Å². The maximum Gasteiger partial charge on any atom is 0.253 e. The highest BCUT2D eigenvalue weighted by Gasteiger charge is 2.14. The highest BCUT2D eigenvalue weighted by Crippen LogP contribution is 2.11. The average Bonchev–Trinajstić information content (AvgIpc) is 2.69. The zero-order chi connectivity index (χ0) is 20.7. The number of carbonyl (C=O) groups is 3. The van der Waals surface area contributed by atoms with Crippen LogP contribution in [0.1, 0.15) is 40.1 Å². The molecule has 3 amide bonds. The third-order valence-electron chi connectivity index (χ3n) is 4.28. The molecule has 2 aromatic rings. The predicted octanol–water partition coefficient (Wildman–Crippen LogP) is 2.98. The molecule has 0 spiro atoms. The van der Waals surface area contributed by atoms with Crippen molar-refractivity contribution in [3.63, 3.8) is 0 Å². The first kappa shape index (κ1) is 21.6. The minimum atomic E-state index is -0.311. The largest absolute Gasteiger partial charge is 0.350 e. The number of amides is 3. The van der Waals surface area contributed by atoms with Crippen LogP contribution in [0.15, 0.2) is 53.0 Å². The Morgan fingerprint density at radius 2 is 1.68 bits per heavy atom. The van der Waals surface area contributed by atoms with Gasteiger partial charge in [-0.1, -0.05) is 34.1 Å². The lowest BCUT2D eigenvalue weighted by Gasteiger charge is -2.21. The van der Waals surface area contributed by atoms with Crippen LogP contribution in [0, 0.1) is 0 Å². The van der Waals surface area contributed by atoms with Crippen LogP contribution in [0.2, 0.25) is 0 Å². The Hall–Kier alpha value is -2.67. The fourth-order valence-electron chi connectivity index (χ4n) is 2.36. The van der Waals surface area contributed by atoms with Crippen LogP contribution in [-0.4, -0.2) is 42.3 Å². The van der Waals surface area contributed by atoms with Crippen molar-refractivity contribution in [3.8, 4) is 0 Å². The smallest absolute Gasteiger partial charge is 0.253 e. The van der Waals surface area contributed by atoms with Gasteiger partial charge in [-0.2, -0.15) is 0 Å². The van der Waals surface area contributed by atoms with Crippen LogP contribution >= 0.6 is 15.9 Å². The van der Waals surface area contributed by atoms with E-state index in [9.17, 15) is 14.4 Å². The lowest BCUT2D eigenvalue weighted by atomic mass is 10.1. The van der Waals surface area contributed by atoms with Crippen LogP contribution < -0.4 is 10.6 Å². The standard InChI is InChI=1S/C21H24BrN3O3/c1-14(2)25(3)21(28)16-9-7-15(8-10-16)12-23-19(26)13-24-20(27)17-5-4-6-18(22)11-17/h4-11,14H,12-13H2,1-3H3,(H,23,26)(H,24,27). The van der Waals surface area contributed by atoms with Crippen LogP contribution in [-0.2, 0) is 11.3 Å². The Morgan fingerprint density at radius 1 is 1.00 bits per heavy atom. The molecule has 7 heteroatoms. The van der Waals surface area contributed by atoms with Crippen molar-refractivity contribution < 1.29 is 14.4 Å². The SMILES string of the molecule is CC(C)N(C)C(=O)c1ccc(CNC(=O)CNC(=O)c2cccc(Br)c2)cc1. The Bertz CT molecular complexity index is 850. The summed E-state index contributed by atoms with van der Waals surface area (Å²) in [7, 11) is 1.77. The first-order chi connectivity index (χ1) is 13.3. The number of carbonyl (C=O) groups excluding carboxylic acids is 3. The van der Waals surface area contributed by atoms with E-state index in [0.29, 0.717) is 17.7 Å². The van der Waals surface area contributed by atoms with Crippen molar-refractivity contribution in [1.29, 1.82) is 0 Å². The lowest BCUT2D eigenvalue weighted by Crippen LogP contribution is -2.36. The van der Waals surface area contributed by atoms with Gasteiger partial charge in [0, 0.05) is 35.2 Å². The molecule has 0 aliphatic rings. The molecular weight excluding hydrogens is 422 g/mol. The van der Waals surface area contributed by atoms with E-state index in [2.05, 4.69) is 26.6 Å². The number of halogens is 1. The molecule has 0 radical (unpaired) electrons. The molecule has 0 atom stereocenters. The lowest BCUT2D eigenvalue weighted by molar-refractivity contribution is -0.120. The summed E-state index contributed by atoms with van der Waals surface area (Å²) >= 11 is 3.31. The van der Waals surface area contributed by atoms with E-state index >= 15 is 0 Å². The summed E-state index contributed by atoms with van der Waals surface area (Å²) in [5.74, 6) is -0.641. The molecule has 0 saturated carbocycles. The van der Waals surface area contributed by atoms with Gasteiger partial charge in [0.2, 0.25) is 5.91 Å².